The van der Waals surface area contributed by atoms with Crippen molar-refractivity contribution in [3.63, 3.8) is 0 Å². The highest BCUT2D eigenvalue weighted by molar-refractivity contribution is 5.77. The minimum absolute atomic E-state index is 0.00331. The van der Waals surface area contributed by atoms with Crippen molar-refractivity contribution in [2.45, 2.75) is 26.3 Å². The van der Waals surface area contributed by atoms with Crippen molar-refractivity contribution in [3.05, 3.63) is 33.9 Å². The molecule has 0 bridgehead atoms. The fraction of sp³-hybridized carbons (Fsp3) is 0.364. The highest BCUT2D eigenvalue weighted by atomic mass is 16.6. The average molecular weight is 238 g/mol. The number of carbonyl (C=O) groups is 1. The zero-order chi connectivity index (χ0) is 13.0. The molecule has 1 aromatic carbocycles. The van der Waals surface area contributed by atoms with Crippen LogP contribution in [0.25, 0.3) is 0 Å². The number of nitrogens with one attached hydrogen (secondary N) is 1. The number of aryl methyl sites for hydroxylation is 1. The maximum absolute atomic E-state index is 10.9. The van der Waals surface area contributed by atoms with Crippen molar-refractivity contribution in [3.8, 4) is 0 Å². The first-order chi connectivity index (χ1) is 7.95. The highest BCUT2D eigenvalue weighted by Crippen LogP contribution is 2.22. The second-order valence-electron chi connectivity index (χ2n) is 3.70. The highest BCUT2D eigenvalue weighted by Gasteiger charge is 2.16. The van der Waals surface area contributed by atoms with Crippen LogP contribution < -0.4 is 5.32 Å². The lowest BCUT2D eigenvalue weighted by atomic mass is 10.1. The summed E-state index contributed by atoms with van der Waals surface area (Å²) in [6, 6.07) is 3.61. The van der Waals surface area contributed by atoms with E-state index in [1.807, 2.05) is 0 Å². The van der Waals surface area contributed by atoms with Crippen LogP contribution >= 0.6 is 0 Å². The van der Waals surface area contributed by atoms with Gasteiger partial charge in [0.1, 0.15) is 6.04 Å². The van der Waals surface area contributed by atoms with Gasteiger partial charge in [-0.15, -0.1) is 0 Å². The SMILES string of the molecule is CCC(Nc1ccc([N+](=O)[O-])cc1C)C(=O)O. The first-order valence-electron chi connectivity index (χ1n) is 5.20. The van der Waals surface area contributed by atoms with E-state index in [4.69, 9.17) is 5.11 Å². The van der Waals surface area contributed by atoms with Gasteiger partial charge in [-0.2, -0.15) is 0 Å². The molecule has 1 unspecified atom stereocenters. The molecule has 1 atom stereocenters. The van der Waals surface area contributed by atoms with Crippen molar-refractivity contribution in [1.29, 1.82) is 0 Å². The molecule has 0 aliphatic rings. The van der Waals surface area contributed by atoms with E-state index < -0.39 is 16.9 Å². The van der Waals surface area contributed by atoms with Crippen LogP contribution in [-0.2, 0) is 4.79 Å². The average Bonchev–Trinajstić information content (AvgIpc) is 2.26. The number of anilines is 1. The summed E-state index contributed by atoms with van der Waals surface area (Å²) in [5, 5.41) is 22.3. The Morgan fingerprint density at radius 2 is 2.24 bits per heavy atom. The van der Waals surface area contributed by atoms with E-state index in [0.717, 1.165) is 0 Å². The van der Waals surface area contributed by atoms with Crippen molar-refractivity contribution in [1.82, 2.24) is 0 Å². The Morgan fingerprint density at radius 3 is 2.65 bits per heavy atom. The minimum atomic E-state index is -0.940. The zero-order valence-corrected chi connectivity index (χ0v) is 9.64. The van der Waals surface area contributed by atoms with E-state index in [1.165, 1.54) is 18.2 Å². The van der Waals surface area contributed by atoms with Gasteiger partial charge in [0.15, 0.2) is 0 Å². The summed E-state index contributed by atoms with van der Waals surface area (Å²) in [5.41, 5.74) is 1.25. The summed E-state index contributed by atoms with van der Waals surface area (Å²) in [4.78, 5) is 20.9. The largest absolute Gasteiger partial charge is 0.480 e. The molecule has 1 rings (SSSR count). The first-order valence-corrected chi connectivity index (χ1v) is 5.20. The molecular weight excluding hydrogens is 224 g/mol. The predicted octanol–water partition coefficient (Wildman–Crippen LogP) is 2.18. The maximum atomic E-state index is 10.9. The van der Waals surface area contributed by atoms with Gasteiger partial charge < -0.3 is 10.4 Å². The van der Waals surface area contributed by atoms with Crippen molar-refractivity contribution < 1.29 is 14.8 Å². The van der Waals surface area contributed by atoms with Crippen LogP contribution in [0.2, 0.25) is 0 Å². The fourth-order valence-corrected chi connectivity index (χ4v) is 1.45. The lowest BCUT2D eigenvalue weighted by Gasteiger charge is -2.15. The Bertz CT molecular complexity index is 445. The quantitative estimate of drug-likeness (QED) is 0.605. The summed E-state index contributed by atoms with van der Waals surface area (Å²) in [5.74, 6) is -0.940. The molecule has 0 aliphatic carbocycles. The monoisotopic (exact) mass is 238 g/mol. The van der Waals surface area contributed by atoms with Crippen molar-refractivity contribution >= 4 is 17.3 Å². The number of aliphatic carboxylic acids is 1. The topological polar surface area (TPSA) is 92.5 Å². The molecule has 0 radical (unpaired) electrons. The van der Waals surface area contributed by atoms with Crippen LogP contribution in [0.1, 0.15) is 18.9 Å². The van der Waals surface area contributed by atoms with Crippen LogP contribution in [0.3, 0.4) is 0 Å². The van der Waals surface area contributed by atoms with Gasteiger partial charge >= 0.3 is 5.97 Å². The number of carboxylic acids is 1. The Kier molecular flexibility index (Phi) is 4.03. The minimum Gasteiger partial charge on any atom is -0.480 e. The van der Waals surface area contributed by atoms with Crippen LogP contribution in [0.4, 0.5) is 11.4 Å². The Balaban J connectivity index is 2.93. The molecule has 6 nitrogen and oxygen atoms in total. The summed E-state index contributed by atoms with van der Waals surface area (Å²) in [6.45, 7) is 3.45. The Labute approximate surface area is 98.4 Å². The number of nitro benzene ring substituents is 1. The second kappa shape index (κ2) is 5.29. The summed E-state index contributed by atoms with van der Waals surface area (Å²) >= 11 is 0. The molecule has 0 saturated carbocycles. The molecule has 0 fully saturated rings. The maximum Gasteiger partial charge on any atom is 0.326 e. The summed E-state index contributed by atoms with van der Waals surface area (Å²) in [7, 11) is 0. The standard InChI is InChI=1S/C11H14N2O4/c1-3-9(11(14)15)12-10-5-4-8(13(16)17)6-7(10)2/h4-6,9,12H,3H2,1-2H3,(H,14,15). The van der Waals surface area contributed by atoms with Crippen LogP contribution in [-0.4, -0.2) is 22.0 Å². The zero-order valence-electron chi connectivity index (χ0n) is 9.64. The molecule has 0 aliphatic heterocycles. The molecule has 0 saturated heterocycles. The van der Waals surface area contributed by atoms with E-state index in [9.17, 15) is 14.9 Å². The van der Waals surface area contributed by atoms with Gasteiger partial charge in [0.2, 0.25) is 0 Å². The van der Waals surface area contributed by atoms with Gasteiger partial charge in [0.25, 0.3) is 5.69 Å². The van der Waals surface area contributed by atoms with E-state index >= 15 is 0 Å². The number of carboxylic acid groups (broad SMARTS) is 1. The van der Waals surface area contributed by atoms with Crippen molar-refractivity contribution in [2.24, 2.45) is 0 Å². The lowest BCUT2D eigenvalue weighted by molar-refractivity contribution is -0.384. The summed E-state index contributed by atoms with van der Waals surface area (Å²) in [6.07, 6.45) is 0.436. The number of hydrogen-bond acceptors (Lipinski definition) is 4. The normalized spacial score (nSPS) is 11.9. The number of nitro groups is 1. The molecule has 2 N–H and O–H groups in total. The van der Waals surface area contributed by atoms with E-state index in [1.54, 1.807) is 13.8 Å². The van der Waals surface area contributed by atoms with Gasteiger partial charge in [0.05, 0.1) is 4.92 Å². The smallest absolute Gasteiger partial charge is 0.326 e. The fourth-order valence-electron chi connectivity index (χ4n) is 1.45. The lowest BCUT2D eigenvalue weighted by Crippen LogP contribution is -2.28. The van der Waals surface area contributed by atoms with Gasteiger partial charge in [-0.05, 0) is 25.0 Å². The van der Waals surface area contributed by atoms with Gasteiger partial charge in [-0.25, -0.2) is 4.79 Å². The third-order valence-corrected chi connectivity index (χ3v) is 2.46. The molecule has 92 valence electrons. The molecule has 17 heavy (non-hydrogen) atoms. The Hall–Kier alpha value is -2.11. The Morgan fingerprint density at radius 1 is 1.59 bits per heavy atom. The van der Waals surface area contributed by atoms with Crippen molar-refractivity contribution in [2.75, 3.05) is 5.32 Å². The van der Waals surface area contributed by atoms with E-state index in [-0.39, 0.29) is 5.69 Å². The first kappa shape index (κ1) is 13.0. The summed E-state index contributed by atoms with van der Waals surface area (Å²) < 4.78 is 0. The molecule has 0 aromatic heterocycles. The number of non-ortho nitro benzene ring substituents is 1. The third kappa shape index (κ3) is 3.17. The third-order valence-electron chi connectivity index (χ3n) is 2.46. The number of benzene rings is 1. The van der Waals surface area contributed by atoms with Crippen LogP contribution in [0.5, 0.6) is 0 Å². The second-order valence-corrected chi connectivity index (χ2v) is 3.70. The molecule has 0 amide bonds. The molecule has 1 aromatic rings. The van der Waals surface area contributed by atoms with Crippen LogP contribution in [0.15, 0.2) is 18.2 Å². The predicted molar refractivity (Wildman–Crippen MR) is 63.2 cm³/mol. The number of rotatable bonds is 5. The van der Waals surface area contributed by atoms with Gasteiger partial charge in [-0.3, -0.25) is 10.1 Å². The number of hydrogen-bond donors (Lipinski definition) is 2. The molecule has 0 spiro atoms. The van der Waals surface area contributed by atoms with Gasteiger partial charge in [0, 0.05) is 17.8 Å². The van der Waals surface area contributed by atoms with Crippen LogP contribution in [0, 0.1) is 17.0 Å². The van der Waals surface area contributed by atoms with E-state index in [2.05, 4.69) is 5.32 Å². The van der Waals surface area contributed by atoms with E-state index in [0.29, 0.717) is 17.7 Å². The molecular formula is C11H14N2O4. The number of nitrogens with zero attached hydrogens (tertiary/aromatic N) is 1. The molecule has 0 heterocycles. The van der Waals surface area contributed by atoms with Gasteiger partial charge in [-0.1, -0.05) is 6.92 Å². The molecule has 6 heteroatoms.